The van der Waals surface area contributed by atoms with Crippen LogP contribution >= 0.6 is 34.7 Å². The van der Waals surface area contributed by atoms with Crippen LogP contribution in [0.5, 0.6) is 0 Å². The molecule has 0 radical (unpaired) electrons. The number of rotatable bonds is 6. The molecular weight excluding hydrogens is 428 g/mol. The average molecular weight is 447 g/mol. The summed E-state index contributed by atoms with van der Waals surface area (Å²) in [6.07, 6.45) is 6.07. The van der Waals surface area contributed by atoms with Gasteiger partial charge in [0, 0.05) is 44.6 Å². The SMILES string of the molecule is O=C(CSc1nccn1C1CC1)N1CCN(S(=O)(=O)c2ccc(Cl)s2)CC1. The van der Waals surface area contributed by atoms with E-state index in [2.05, 4.69) is 9.55 Å². The van der Waals surface area contributed by atoms with Gasteiger partial charge in [0.15, 0.2) is 5.16 Å². The molecule has 1 amide bonds. The third kappa shape index (κ3) is 4.19. The molecule has 27 heavy (non-hydrogen) atoms. The highest BCUT2D eigenvalue weighted by molar-refractivity contribution is 7.99. The van der Waals surface area contributed by atoms with Crippen LogP contribution in [0.25, 0.3) is 0 Å². The van der Waals surface area contributed by atoms with Gasteiger partial charge in [0.2, 0.25) is 5.91 Å². The summed E-state index contributed by atoms with van der Waals surface area (Å²) in [4.78, 5) is 18.6. The number of amides is 1. The number of imidazole rings is 1. The van der Waals surface area contributed by atoms with Gasteiger partial charge in [0.1, 0.15) is 4.21 Å². The Hall–Kier alpha value is -1.07. The Bertz CT molecular complexity index is 930. The lowest BCUT2D eigenvalue weighted by Crippen LogP contribution is -2.50. The maximum Gasteiger partial charge on any atom is 0.252 e. The highest BCUT2D eigenvalue weighted by Crippen LogP contribution is 2.37. The van der Waals surface area contributed by atoms with Crippen molar-refractivity contribution in [3.05, 3.63) is 28.9 Å². The van der Waals surface area contributed by atoms with Crippen LogP contribution in [0, 0.1) is 0 Å². The van der Waals surface area contributed by atoms with Crippen LogP contribution in [0.4, 0.5) is 0 Å². The average Bonchev–Trinajstić information content (AvgIpc) is 3.23. The molecule has 2 aliphatic rings. The molecular formula is C16H19ClN4O3S3. The van der Waals surface area contributed by atoms with Crippen molar-refractivity contribution in [3.8, 4) is 0 Å². The third-order valence-electron chi connectivity index (χ3n) is 4.63. The van der Waals surface area contributed by atoms with Crippen LogP contribution in [0.1, 0.15) is 18.9 Å². The maximum absolute atomic E-state index is 12.6. The summed E-state index contributed by atoms with van der Waals surface area (Å²) in [5.74, 6) is 0.332. The molecule has 146 valence electrons. The molecule has 2 fully saturated rings. The van der Waals surface area contributed by atoms with E-state index in [1.807, 2.05) is 6.20 Å². The summed E-state index contributed by atoms with van der Waals surface area (Å²) in [5.41, 5.74) is 0. The molecule has 7 nitrogen and oxygen atoms in total. The van der Waals surface area contributed by atoms with Crippen molar-refractivity contribution in [1.82, 2.24) is 18.8 Å². The van der Waals surface area contributed by atoms with Gasteiger partial charge in [-0.05, 0) is 25.0 Å². The van der Waals surface area contributed by atoms with Gasteiger partial charge in [-0.3, -0.25) is 4.79 Å². The topological polar surface area (TPSA) is 75.5 Å². The van der Waals surface area contributed by atoms with Gasteiger partial charge in [0.25, 0.3) is 10.0 Å². The largest absolute Gasteiger partial charge is 0.339 e. The summed E-state index contributed by atoms with van der Waals surface area (Å²) in [6, 6.07) is 3.64. The number of nitrogens with zero attached hydrogens (tertiary/aromatic N) is 4. The number of carbonyl (C=O) groups excluding carboxylic acids is 1. The molecule has 1 aliphatic heterocycles. The minimum atomic E-state index is -3.54. The molecule has 0 bridgehead atoms. The summed E-state index contributed by atoms with van der Waals surface area (Å²) in [5, 5.41) is 0.877. The predicted octanol–water partition coefficient (Wildman–Crippen LogP) is 2.56. The number of carbonyl (C=O) groups is 1. The summed E-state index contributed by atoms with van der Waals surface area (Å²) >= 11 is 8.35. The first-order valence-corrected chi connectivity index (χ1v) is 12.3. The van der Waals surface area contributed by atoms with E-state index in [-0.39, 0.29) is 10.1 Å². The number of halogens is 1. The van der Waals surface area contributed by atoms with Crippen molar-refractivity contribution < 1.29 is 13.2 Å². The third-order valence-corrected chi connectivity index (χ3v) is 9.20. The lowest BCUT2D eigenvalue weighted by Gasteiger charge is -2.33. The molecule has 2 aromatic heterocycles. The number of hydrogen-bond donors (Lipinski definition) is 0. The Labute approximate surface area is 171 Å². The van der Waals surface area contributed by atoms with E-state index in [1.165, 1.54) is 35.0 Å². The van der Waals surface area contributed by atoms with Gasteiger partial charge in [-0.15, -0.1) is 11.3 Å². The fraction of sp³-hybridized carbons (Fsp3) is 0.500. The quantitative estimate of drug-likeness (QED) is 0.637. The van der Waals surface area contributed by atoms with Crippen molar-refractivity contribution in [3.63, 3.8) is 0 Å². The van der Waals surface area contributed by atoms with E-state index in [0.717, 1.165) is 16.5 Å². The predicted molar refractivity (Wildman–Crippen MR) is 106 cm³/mol. The zero-order valence-electron chi connectivity index (χ0n) is 14.5. The summed E-state index contributed by atoms with van der Waals surface area (Å²) < 4.78 is 29.5. The van der Waals surface area contributed by atoms with Crippen LogP contribution in [-0.2, 0) is 14.8 Å². The number of aromatic nitrogens is 2. The van der Waals surface area contributed by atoms with E-state index in [9.17, 15) is 13.2 Å². The first kappa shape index (κ1) is 19.3. The van der Waals surface area contributed by atoms with Crippen molar-refractivity contribution >= 4 is 50.6 Å². The van der Waals surface area contributed by atoms with Gasteiger partial charge in [-0.25, -0.2) is 13.4 Å². The number of thiophene rings is 1. The van der Waals surface area contributed by atoms with E-state index in [4.69, 9.17) is 11.6 Å². The molecule has 1 saturated heterocycles. The van der Waals surface area contributed by atoms with E-state index in [0.29, 0.717) is 42.3 Å². The number of hydrogen-bond acceptors (Lipinski definition) is 6. The van der Waals surface area contributed by atoms with E-state index >= 15 is 0 Å². The summed E-state index contributed by atoms with van der Waals surface area (Å²) in [7, 11) is -3.54. The molecule has 0 spiro atoms. The molecule has 11 heteroatoms. The molecule has 0 atom stereocenters. The molecule has 0 aromatic carbocycles. The van der Waals surface area contributed by atoms with Crippen LogP contribution in [-0.4, -0.2) is 65.0 Å². The Morgan fingerprint density at radius 1 is 1.26 bits per heavy atom. The van der Waals surface area contributed by atoms with Crippen LogP contribution in [0.15, 0.2) is 33.9 Å². The smallest absolute Gasteiger partial charge is 0.252 e. The first-order chi connectivity index (χ1) is 12.9. The van der Waals surface area contributed by atoms with Crippen LogP contribution < -0.4 is 0 Å². The molecule has 2 aromatic rings. The molecule has 0 unspecified atom stereocenters. The standard InChI is InChI=1S/C16H19ClN4O3S3/c17-13-3-4-15(26-13)27(23,24)20-9-7-19(8-10-20)14(22)11-25-16-18-5-6-21(16)12-1-2-12/h3-6,12H,1-2,7-11H2. The number of sulfonamides is 1. The highest BCUT2D eigenvalue weighted by Gasteiger charge is 2.31. The van der Waals surface area contributed by atoms with E-state index < -0.39 is 10.0 Å². The Morgan fingerprint density at radius 3 is 2.63 bits per heavy atom. The van der Waals surface area contributed by atoms with Crippen molar-refractivity contribution in [2.75, 3.05) is 31.9 Å². The lowest BCUT2D eigenvalue weighted by molar-refractivity contribution is -0.129. The zero-order valence-corrected chi connectivity index (χ0v) is 17.7. The van der Waals surface area contributed by atoms with Gasteiger partial charge >= 0.3 is 0 Å². The van der Waals surface area contributed by atoms with Gasteiger partial charge in [-0.1, -0.05) is 23.4 Å². The first-order valence-electron chi connectivity index (χ1n) is 8.64. The number of thioether (sulfide) groups is 1. The van der Waals surface area contributed by atoms with Crippen molar-refractivity contribution in [2.45, 2.75) is 28.2 Å². The van der Waals surface area contributed by atoms with E-state index in [1.54, 1.807) is 17.2 Å². The molecule has 1 saturated carbocycles. The second-order valence-corrected chi connectivity index (χ2v) is 11.3. The van der Waals surface area contributed by atoms with Gasteiger partial charge in [0.05, 0.1) is 10.1 Å². The lowest BCUT2D eigenvalue weighted by atomic mass is 10.3. The second-order valence-electron chi connectivity index (χ2n) is 6.48. The summed E-state index contributed by atoms with van der Waals surface area (Å²) in [6.45, 7) is 1.39. The monoisotopic (exact) mass is 446 g/mol. The molecule has 3 heterocycles. The van der Waals surface area contributed by atoms with Crippen molar-refractivity contribution in [1.29, 1.82) is 0 Å². The Balaban J connectivity index is 1.31. The minimum absolute atomic E-state index is 0.0153. The van der Waals surface area contributed by atoms with Gasteiger partial charge < -0.3 is 9.47 Å². The molecule has 4 rings (SSSR count). The molecule has 0 N–H and O–H groups in total. The maximum atomic E-state index is 12.6. The Kier molecular flexibility index (Phi) is 5.52. The normalized spacial score (nSPS) is 18.8. The van der Waals surface area contributed by atoms with Crippen molar-refractivity contribution in [2.24, 2.45) is 0 Å². The van der Waals surface area contributed by atoms with Gasteiger partial charge in [-0.2, -0.15) is 4.31 Å². The fourth-order valence-corrected chi connectivity index (χ4v) is 6.99. The highest BCUT2D eigenvalue weighted by atomic mass is 35.5. The van der Waals surface area contributed by atoms with Crippen LogP contribution in [0.3, 0.4) is 0 Å². The minimum Gasteiger partial charge on any atom is -0.339 e. The number of piperazine rings is 1. The second kappa shape index (κ2) is 7.75. The fourth-order valence-electron chi connectivity index (χ4n) is 3.00. The Morgan fingerprint density at radius 2 is 2.00 bits per heavy atom. The molecule has 1 aliphatic carbocycles. The zero-order chi connectivity index (χ0) is 19.0. The van der Waals surface area contributed by atoms with Crippen LogP contribution in [0.2, 0.25) is 4.34 Å².